The molecule has 1 N–H and O–H groups in total. The number of hydrogen-bond acceptors (Lipinski definition) is 5. The number of halogens is 1. The number of hydrogen-bond donors (Lipinski definition) is 1. The predicted molar refractivity (Wildman–Crippen MR) is 109 cm³/mol. The van der Waals surface area contributed by atoms with Gasteiger partial charge in [0.25, 0.3) is 10.1 Å². The summed E-state index contributed by atoms with van der Waals surface area (Å²) in [6, 6.07) is 0. The molecule has 0 aromatic heterocycles. The van der Waals surface area contributed by atoms with Crippen LogP contribution in [0.1, 0.15) is 40.5 Å². The van der Waals surface area contributed by atoms with Gasteiger partial charge in [0, 0.05) is 16.9 Å². The molecule has 0 aromatic carbocycles. The first kappa shape index (κ1) is 24.9. The van der Waals surface area contributed by atoms with Crippen LogP contribution >= 0.6 is 15.9 Å². The van der Waals surface area contributed by atoms with E-state index in [1.165, 1.54) is 0 Å². The highest BCUT2D eigenvalue weighted by atomic mass is 79.9. The van der Waals surface area contributed by atoms with E-state index >= 15 is 0 Å². The van der Waals surface area contributed by atoms with Gasteiger partial charge in [-0.25, -0.2) is 4.79 Å². The second-order valence-corrected chi connectivity index (χ2v) is 9.39. The van der Waals surface area contributed by atoms with Crippen LogP contribution in [0.2, 0.25) is 0 Å². The van der Waals surface area contributed by atoms with Gasteiger partial charge in [0.05, 0.1) is 12.9 Å². The molecule has 0 aliphatic carbocycles. The average Bonchev–Trinajstić information content (AvgIpc) is 2.48. The van der Waals surface area contributed by atoms with Crippen molar-refractivity contribution < 1.29 is 22.1 Å². The molecular formula is C18H30BrNO5S. The molecule has 0 radical (unpaired) electrons. The van der Waals surface area contributed by atoms with Crippen LogP contribution in [-0.4, -0.2) is 39.5 Å². The Bertz CT molecular complexity index is 632. The van der Waals surface area contributed by atoms with Gasteiger partial charge in [-0.3, -0.25) is 4.18 Å². The van der Waals surface area contributed by atoms with E-state index in [2.05, 4.69) is 27.8 Å². The quantitative estimate of drug-likeness (QED) is 0.304. The molecule has 6 nitrogen and oxygen atoms in total. The Labute approximate surface area is 166 Å². The van der Waals surface area contributed by atoms with E-state index in [1.807, 2.05) is 25.2 Å². The van der Waals surface area contributed by atoms with Gasteiger partial charge >= 0.3 is 6.09 Å². The number of amides is 1. The molecule has 150 valence electrons. The second kappa shape index (κ2) is 11.6. The zero-order valence-corrected chi connectivity index (χ0v) is 18.6. The summed E-state index contributed by atoms with van der Waals surface area (Å²) < 4.78 is 33.0. The van der Waals surface area contributed by atoms with Gasteiger partial charge in [0.15, 0.2) is 0 Å². The van der Waals surface area contributed by atoms with Crippen LogP contribution in [0.4, 0.5) is 4.79 Å². The molecule has 0 aliphatic heterocycles. The van der Waals surface area contributed by atoms with Crippen molar-refractivity contribution >= 4 is 32.1 Å². The summed E-state index contributed by atoms with van der Waals surface area (Å²) in [5, 5.41) is 2.74. The van der Waals surface area contributed by atoms with Gasteiger partial charge in [0.1, 0.15) is 5.60 Å². The zero-order chi connectivity index (χ0) is 20.4. The predicted octanol–water partition coefficient (Wildman–Crippen LogP) is 4.29. The Morgan fingerprint density at radius 2 is 1.92 bits per heavy atom. The van der Waals surface area contributed by atoms with Gasteiger partial charge < -0.3 is 10.1 Å². The lowest BCUT2D eigenvalue weighted by Crippen LogP contribution is -2.35. The van der Waals surface area contributed by atoms with Crippen LogP contribution in [0.5, 0.6) is 0 Å². The average molecular weight is 452 g/mol. The Morgan fingerprint density at radius 1 is 1.31 bits per heavy atom. The fraction of sp³-hybridized carbons (Fsp3) is 0.611. The summed E-state index contributed by atoms with van der Waals surface area (Å²) in [6.45, 7) is 11.8. The third-order valence-electron chi connectivity index (χ3n) is 3.14. The van der Waals surface area contributed by atoms with Crippen LogP contribution in [0.25, 0.3) is 0 Å². The van der Waals surface area contributed by atoms with E-state index < -0.39 is 21.8 Å². The standard InChI is InChI=1S/C18H30BrNO5S/c1-7-16(19)11-10-14(2)15(9-8-12-24-26(6,22)23)13-20-17(21)25-18(3,4)5/h7,10-11,15H,2,8-9,12-13H2,1,3-6H3,(H,20,21)/b11-10-,16-7+/t15-/m1/s1. The van der Waals surface area contributed by atoms with E-state index in [0.717, 1.165) is 16.3 Å². The molecular weight excluding hydrogens is 422 g/mol. The third-order valence-corrected chi connectivity index (χ3v) is 4.46. The number of ether oxygens (including phenoxy) is 1. The van der Waals surface area contributed by atoms with Gasteiger partial charge in [0.2, 0.25) is 0 Å². The van der Waals surface area contributed by atoms with Crippen molar-refractivity contribution in [1.29, 1.82) is 0 Å². The monoisotopic (exact) mass is 451 g/mol. The highest BCUT2D eigenvalue weighted by Crippen LogP contribution is 2.19. The molecule has 0 heterocycles. The SMILES string of the molecule is C=C(/C=C\C(Br)=C/C)[C@H](CCCOS(C)(=O)=O)CNC(=O)OC(C)(C)C. The molecule has 0 aromatic rings. The minimum Gasteiger partial charge on any atom is -0.444 e. The molecule has 0 aliphatic rings. The molecule has 0 saturated carbocycles. The Morgan fingerprint density at radius 3 is 2.42 bits per heavy atom. The first-order valence-corrected chi connectivity index (χ1v) is 10.9. The molecule has 1 atom stereocenters. The zero-order valence-electron chi connectivity index (χ0n) is 16.2. The van der Waals surface area contributed by atoms with Crippen LogP contribution < -0.4 is 5.32 Å². The van der Waals surface area contributed by atoms with Crippen LogP contribution in [0.15, 0.2) is 34.9 Å². The second-order valence-electron chi connectivity index (χ2n) is 6.83. The lowest BCUT2D eigenvalue weighted by molar-refractivity contribution is 0.0521. The number of carbonyl (C=O) groups is 1. The topological polar surface area (TPSA) is 81.7 Å². The summed E-state index contributed by atoms with van der Waals surface area (Å²) in [6.07, 6.45) is 7.29. The summed E-state index contributed by atoms with van der Waals surface area (Å²) in [4.78, 5) is 11.9. The van der Waals surface area contributed by atoms with Crippen molar-refractivity contribution in [3.8, 4) is 0 Å². The molecule has 0 fully saturated rings. The number of alkyl carbamates (subject to hydrolysis) is 1. The maximum atomic E-state index is 11.9. The minimum absolute atomic E-state index is 0.0703. The van der Waals surface area contributed by atoms with Crippen molar-refractivity contribution in [1.82, 2.24) is 5.32 Å². The number of nitrogens with one attached hydrogen (secondary N) is 1. The molecule has 0 spiro atoms. The highest BCUT2D eigenvalue weighted by molar-refractivity contribution is 9.11. The molecule has 0 bridgehead atoms. The largest absolute Gasteiger partial charge is 0.444 e. The fourth-order valence-electron chi connectivity index (χ4n) is 1.90. The number of allylic oxidation sites excluding steroid dienone is 4. The lowest BCUT2D eigenvalue weighted by atomic mass is 9.94. The first-order chi connectivity index (χ1) is 11.8. The normalized spacial score (nSPS) is 14.3. The van der Waals surface area contributed by atoms with Crippen molar-refractivity contribution in [2.24, 2.45) is 5.92 Å². The molecule has 1 amide bonds. The van der Waals surface area contributed by atoms with E-state index in [1.54, 1.807) is 20.8 Å². The van der Waals surface area contributed by atoms with Crippen LogP contribution in [-0.2, 0) is 19.0 Å². The van der Waals surface area contributed by atoms with Crippen LogP contribution in [0, 0.1) is 5.92 Å². The Kier molecular flexibility index (Phi) is 11.1. The highest BCUT2D eigenvalue weighted by Gasteiger charge is 2.18. The smallest absolute Gasteiger partial charge is 0.407 e. The maximum Gasteiger partial charge on any atom is 0.407 e. The third kappa shape index (κ3) is 14.1. The molecule has 0 rings (SSSR count). The van der Waals surface area contributed by atoms with Gasteiger partial charge in [-0.15, -0.1) is 0 Å². The Hall–Kier alpha value is -1.12. The van der Waals surface area contributed by atoms with E-state index in [9.17, 15) is 13.2 Å². The van der Waals surface area contributed by atoms with Crippen LogP contribution in [0.3, 0.4) is 0 Å². The summed E-state index contributed by atoms with van der Waals surface area (Å²) in [5.74, 6) is -0.0703. The van der Waals surface area contributed by atoms with Gasteiger partial charge in [-0.05, 0) is 46.6 Å². The fourth-order valence-corrected chi connectivity index (χ4v) is 2.45. The Balaban J connectivity index is 4.79. The maximum absolute atomic E-state index is 11.9. The number of rotatable bonds is 10. The molecule has 0 unspecified atom stereocenters. The molecule has 26 heavy (non-hydrogen) atoms. The molecule has 8 heteroatoms. The number of carbonyl (C=O) groups excluding carboxylic acids is 1. The van der Waals surface area contributed by atoms with Crippen molar-refractivity contribution in [3.63, 3.8) is 0 Å². The van der Waals surface area contributed by atoms with Gasteiger partial charge in [-0.1, -0.05) is 40.2 Å². The summed E-state index contributed by atoms with van der Waals surface area (Å²) in [7, 11) is -3.45. The van der Waals surface area contributed by atoms with E-state index in [0.29, 0.717) is 19.4 Å². The van der Waals surface area contributed by atoms with E-state index in [-0.39, 0.29) is 12.5 Å². The first-order valence-electron chi connectivity index (χ1n) is 8.34. The molecule has 0 saturated heterocycles. The lowest BCUT2D eigenvalue weighted by Gasteiger charge is -2.22. The van der Waals surface area contributed by atoms with Crippen molar-refractivity contribution in [3.05, 3.63) is 34.9 Å². The summed E-state index contributed by atoms with van der Waals surface area (Å²) >= 11 is 3.39. The minimum atomic E-state index is -3.45. The van der Waals surface area contributed by atoms with E-state index in [4.69, 9.17) is 8.92 Å². The van der Waals surface area contributed by atoms with Gasteiger partial charge in [-0.2, -0.15) is 8.42 Å². The van der Waals surface area contributed by atoms with Crippen molar-refractivity contribution in [2.45, 2.75) is 46.1 Å². The van der Waals surface area contributed by atoms with Crippen molar-refractivity contribution in [2.75, 3.05) is 19.4 Å². The summed E-state index contributed by atoms with van der Waals surface area (Å²) in [5.41, 5.74) is 0.246.